The van der Waals surface area contributed by atoms with Crippen LogP contribution in [0.4, 0.5) is 5.69 Å². The van der Waals surface area contributed by atoms with Crippen molar-refractivity contribution in [1.29, 1.82) is 5.26 Å². The molecule has 1 amide bonds. The second kappa shape index (κ2) is 8.98. The van der Waals surface area contributed by atoms with Crippen molar-refractivity contribution in [2.24, 2.45) is 0 Å². The number of carbonyl (C=O) groups is 1. The Morgan fingerprint density at radius 3 is 2.53 bits per heavy atom. The number of carbonyl (C=O) groups excluding carboxylic acids is 1. The first kappa shape index (κ1) is 21.4. The maximum atomic E-state index is 12.7. The van der Waals surface area contributed by atoms with Crippen molar-refractivity contribution in [2.45, 2.75) is 34.2 Å². The van der Waals surface area contributed by atoms with Gasteiger partial charge in [0.1, 0.15) is 11.6 Å². The summed E-state index contributed by atoms with van der Waals surface area (Å²) in [5.74, 6) is -0.479. The first-order chi connectivity index (χ1) is 14.3. The van der Waals surface area contributed by atoms with E-state index in [0.29, 0.717) is 17.3 Å². The number of hydrogen-bond acceptors (Lipinski definition) is 3. The molecule has 5 nitrogen and oxygen atoms in total. The molecular formula is C24H23ClN4O. The molecule has 0 aliphatic rings. The van der Waals surface area contributed by atoms with Crippen molar-refractivity contribution in [3.05, 3.63) is 86.7 Å². The molecule has 0 aliphatic heterocycles. The molecule has 0 radical (unpaired) electrons. The van der Waals surface area contributed by atoms with Crippen LogP contribution in [0.15, 0.2) is 48.0 Å². The van der Waals surface area contributed by atoms with E-state index in [1.54, 1.807) is 24.3 Å². The summed E-state index contributed by atoms with van der Waals surface area (Å²) in [4.78, 5) is 12.7. The van der Waals surface area contributed by atoms with Gasteiger partial charge in [-0.2, -0.15) is 10.4 Å². The topological polar surface area (TPSA) is 70.7 Å². The Balaban J connectivity index is 1.87. The number of nitriles is 1. The zero-order valence-corrected chi connectivity index (χ0v) is 18.2. The fraction of sp³-hybridized carbons (Fsp3) is 0.208. The first-order valence-corrected chi connectivity index (χ1v) is 9.95. The molecule has 0 aliphatic carbocycles. The molecule has 0 unspecified atom stereocenters. The van der Waals surface area contributed by atoms with E-state index in [1.165, 1.54) is 5.56 Å². The normalized spacial score (nSPS) is 11.3. The van der Waals surface area contributed by atoms with Gasteiger partial charge in [-0.1, -0.05) is 47.5 Å². The Morgan fingerprint density at radius 2 is 1.87 bits per heavy atom. The summed E-state index contributed by atoms with van der Waals surface area (Å²) in [6, 6.07) is 15.5. The lowest BCUT2D eigenvalue weighted by Crippen LogP contribution is -2.14. The van der Waals surface area contributed by atoms with Crippen molar-refractivity contribution in [2.75, 3.05) is 5.32 Å². The van der Waals surface area contributed by atoms with Crippen LogP contribution in [-0.2, 0) is 11.3 Å². The predicted molar refractivity (Wildman–Crippen MR) is 120 cm³/mol. The number of benzene rings is 2. The van der Waals surface area contributed by atoms with Crippen LogP contribution < -0.4 is 5.32 Å². The Kier molecular flexibility index (Phi) is 6.39. The number of amides is 1. The average molecular weight is 419 g/mol. The van der Waals surface area contributed by atoms with Gasteiger partial charge < -0.3 is 5.32 Å². The number of anilines is 1. The second-order valence-electron chi connectivity index (χ2n) is 7.26. The molecule has 0 fully saturated rings. The van der Waals surface area contributed by atoms with Gasteiger partial charge in [0, 0.05) is 22.0 Å². The van der Waals surface area contributed by atoms with E-state index in [9.17, 15) is 10.1 Å². The molecular weight excluding hydrogens is 396 g/mol. The minimum atomic E-state index is -0.479. The minimum absolute atomic E-state index is 0.00969. The van der Waals surface area contributed by atoms with Gasteiger partial charge >= 0.3 is 0 Å². The molecule has 1 aromatic heterocycles. The molecule has 0 saturated carbocycles. The Labute approximate surface area is 181 Å². The van der Waals surface area contributed by atoms with Gasteiger partial charge in [-0.05, 0) is 57.0 Å². The van der Waals surface area contributed by atoms with E-state index >= 15 is 0 Å². The van der Waals surface area contributed by atoms with Gasteiger partial charge in [0.15, 0.2) is 0 Å². The maximum absolute atomic E-state index is 12.7. The smallest absolute Gasteiger partial charge is 0.266 e. The van der Waals surface area contributed by atoms with Crippen molar-refractivity contribution >= 4 is 29.3 Å². The lowest BCUT2D eigenvalue weighted by Gasteiger charge is -2.09. The van der Waals surface area contributed by atoms with Crippen LogP contribution >= 0.6 is 11.6 Å². The Bertz CT molecular complexity index is 1170. The maximum Gasteiger partial charge on any atom is 0.266 e. The summed E-state index contributed by atoms with van der Waals surface area (Å²) >= 11 is 6.12. The van der Waals surface area contributed by atoms with Gasteiger partial charge in [0.25, 0.3) is 5.91 Å². The number of nitrogens with zero attached hydrogens (tertiary/aromatic N) is 3. The number of nitrogens with one attached hydrogen (secondary N) is 1. The van der Waals surface area contributed by atoms with Crippen LogP contribution in [0, 0.1) is 39.0 Å². The number of rotatable bonds is 5. The molecule has 2 aromatic carbocycles. The third kappa shape index (κ3) is 4.61. The Hall–Kier alpha value is -3.36. The average Bonchev–Trinajstić information content (AvgIpc) is 2.98. The number of hydrogen-bond donors (Lipinski definition) is 1. The van der Waals surface area contributed by atoms with Gasteiger partial charge in [0.05, 0.1) is 12.2 Å². The molecule has 0 spiro atoms. The van der Waals surface area contributed by atoms with E-state index in [2.05, 4.69) is 41.6 Å². The molecule has 0 saturated heterocycles. The lowest BCUT2D eigenvalue weighted by molar-refractivity contribution is -0.112. The summed E-state index contributed by atoms with van der Waals surface area (Å²) in [6.45, 7) is 8.30. The summed E-state index contributed by atoms with van der Waals surface area (Å²) in [5.41, 5.74) is 6.12. The highest BCUT2D eigenvalue weighted by atomic mass is 35.5. The van der Waals surface area contributed by atoms with Crippen LogP contribution in [0.3, 0.4) is 0 Å². The lowest BCUT2D eigenvalue weighted by atomic mass is 10.1. The van der Waals surface area contributed by atoms with Gasteiger partial charge in [-0.15, -0.1) is 0 Å². The fourth-order valence-corrected chi connectivity index (χ4v) is 3.34. The van der Waals surface area contributed by atoms with E-state index in [-0.39, 0.29) is 5.57 Å². The molecule has 1 heterocycles. The standard InChI is InChI=1S/C24H23ClN4O/c1-15-8-10-19(11-9-15)14-29-18(4)21(17(3)28-29)12-20(13-26)24(30)27-23-7-5-6-22(25)16(23)2/h5-12H,14H2,1-4H3,(H,27,30)/b20-12+. The van der Waals surface area contributed by atoms with Gasteiger partial charge in [-0.3, -0.25) is 9.48 Å². The van der Waals surface area contributed by atoms with E-state index in [4.69, 9.17) is 11.6 Å². The van der Waals surface area contributed by atoms with Crippen molar-refractivity contribution in [1.82, 2.24) is 9.78 Å². The number of aromatic nitrogens is 2. The molecule has 0 atom stereocenters. The third-order valence-electron chi connectivity index (χ3n) is 5.06. The zero-order chi connectivity index (χ0) is 21.8. The van der Waals surface area contributed by atoms with E-state index < -0.39 is 5.91 Å². The predicted octanol–water partition coefficient (Wildman–Crippen LogP) is 5.36. The molecule has 152 valence electrons. The number of aryl methyl sites for hydroxylation is 2. The minimum Gasteiger partial charge on any atom is -0.321 e. The van der Waals surface area contributed by atoms with Crippen molar-refractivity contribution in [3.63, 3.8) is 0 Å². The monoisotopic (exact) mass is 418 g/mol. The highest BCUT2D eigenvalue weighted by Gasteiger charge is 2.16. The van der Waals surface area contributed by atoms with Gasteiger partial charge in [-0.25, -0.2) is 0 Å². The van der Waals surface area contributed by atoms with Crippen molar-refractivity contribution < 1.29 is 4.79 Å². The second-order valence-corrected chi connectivity index (χ2v) is 7.67. The third-order valence-corrected chi connectivity index (χ3v) is 5.47. The highest BCUT2D eigenvalue weighted by Crippen LogP contribution is 2.24. The van der Waals surface area contributed by atoms with Crippen LogP contribution in [0.1, 0.15) is 33.6 Å². The number of halogens is 1. The van der Waals surface area contributed by atoms with E-state index in [1.807, 2.05) is 31.5 Å². The van der Waals surface area contributed by atoms with Gasteiger partial charge in [0.2, 0.25) is 0 Å². The summed E-state index contributed by atoms with van der Waals surface area (Å²) in [6.07, 6.45) is 1.60. The summed E-state index contributed by atoms with van der Waals surface area (Å²) in [7, 11) is 0. The molecule has 6 heteroatoms. The van der Waals surface area contributed by atoms with Crippen molar-refractivity contribution in [3.8, 4) is 6.07 Å². The fourth-order valence-electron chi connectivity index (χ4n) is 3.17. The van der Waals surface area contributed by atoms with Crippen LogP contribution in [0.25, 0.3) is 6.08 Å². The van der Waals surface area contributed by atoms with Crippen LogP contribution in [-0.4, -0.2) is 15.7 Å². The summed E-state index contributed by atoms with van der Waals surface area (Å²) in [5, 5.41) is 17.5. The highest BCUT2D eigenvalue weighted by molar-refractivity contribution is 6.31. The molecule has 3 rings (SSSR count). The molecule has 0 bridgehead atoms. The molecule has 3 aromatic rings. The first-order valence-electron chi connectivity index (χ1n) is 9.58. The largest absolute Gasteiger partial charge is 0.321 e. The van der Waals surface area contributed by atoms with Crippen LogP contribution in [0.5, 0.6) is 0 Å². The molecule has 30 heavy (non-hydrogen) atoms. The van der Waals surface area contributed by atoms with E-state index in [0.717, 1.165) is 28.1 Å². The quantitative estimate of drug-likeness (QED) is 0.447. The Morgan fingerprint density at radius 1 is 1.17 bits per heavy atom. The zero-order valence-electron chi connectivity index (χ0n) is 17.5. The molecule has 1 N–H and O–H groups in total. The van der Waals surface area contributed by atoms with Crippen LogP contribution in [0.2, 0.25) is 5.02 Å². The summed E-state index contributed by atoms with van der Waals surface area (Å²) < 4.78 is 1.89. The SMILES string of the molecule is Cc1ccc(Cn2nc(C)c(/C=C(\C#N)C(=O)Nc3cccc(Cl)c3C)c2C)cc1.